The molecule has 0 spiro atoms. The predicted molar refractivity (Wildman–Crippen MR) is 129 cm³/mol. The highest BCUT2D eigenvalue weighted by atomic mass is 79.9. The Morgan fingerprint density at radius 2 is 1.24 bits per heavy atom. The number of fused-ring (bicyclic) bond motifs is 3. The van der Waals surface area contributed by atoms with Gasteiger partial charge in [0.05, 0.1) is 25.2 Å². The van der Waals surface area contributed by atoms with Gasteiger partial charge in [0.25, 0.3) is 0 Å². The van der Waals surface area contributed by atoms with E-state index in [1.54, 1.807) is 12.1 Å². The standard InChI is InChI=1S/C29H32NO3.BrH/c31-27(24-10-4-1-5-11-24)33-23-22-30-19-16-28(17-20-30,18-21-30)29(32,25-12-6-2-7-13-25)26-14-8-3-9-15-26;/h1-15,32H,16-23H2;1H/q+1;/p-1. The summed E-state index contributed by atoms with van der Waals surface area (Å²) in [5, 5.41) is 12.4. The zero-order valence-corrected chi connectivity index (χ0v) is 21.0. The minimum atomic E-state index is -1.01. The first-order chi connectivity index (χ1) is 16.1. The van der Waals surface area contributed by atoms with Gasteiger partial charge in [-0.15, -0.1) is 0 Å². The molecule has 0 unspecified atom stereocenters. The predicted octanol–water partition coefficient (Wildman–Crippen LogP) is 1.78. The lowest BCUT2D eigenvalue weighted by atomic mass is 9.56. The summed E-state index contributed by atoms with van der Waals surface area (Å²) in [4.78, 5) is 12.3. The third-order valence-corrected chi connectivity index (χ3v) is 8.15. The van der Waals surface area contributed by atoms with Gasteiger partial charge in [-0.1, -0.05) is 78.9 Å². The summed E-state index contributed by atoms with van der Waals surface area (Å²) in [6, 6.07) is 29.5. The van der Waals surface area contributed by atoms with Crippen LogP contribution in [-0.2, 0) is 10.3 Å². The van der Waals surface area contributed by atoms with Crippen LogP contribution in [0, 0.1) is 5.41 Å². The fourth-order valence-electron chi connectivity index (χ4n) is 6.07. The Morgan fingerprint density at radius 1 is 0.794 bits per heavy atom. The number of piperidine rings is 3. The molecule has 0 radical (unpaired) electrons. The number of esters is 1. The topological polar surface area (TPSA) is 46.5 Å². The molecule has 5 heteroatoms. The molecule has 3 aliphatic rings. The molecule has 0 amide bonds. The van der Waals surface area contributed by atoms with E-state index in [2.05, 4.69) is 24.3 Å². The number of halogens is 1. The van der Waals surface area contributed by atoms with Crippen molar-refractivity contribution >= 4 is 5.97 Å². The van der Waals surface area contributed by atoms with Crippen LogP contribution in [-0.4, -0.2) is 48.3 Å². The van der Waals surface area contributed by atoms with Crippen molar-refractivity contribution in [1.82, 2.24) is 0 Å². The van der Waals surface area contributed by atoms with Crippen LogP contribution in [0.4, 0.5) is 0 Å². The maximum atomic E-state index is 12.4. The SMILES string of the molecule is O=C(OCC[N+]12CCC(C(O)(c3ccccc3)c3ccccc3)(CC1)CC2)c1ccccc1.[Br-]. The van der Waals surface area contributed by atoms with Crippen molar-refractivity contribution in [2.75, 3.05) is 32.8 Å². The highest BCUT2D eigenvalue weighted by Gasteiger charge is 2.60. The van der Waals surface area contributed by atoms with E-state index in [0.717, 1.165) is 61.1 Å². The van der Waals surface area contributed by atoms with Crippen molar-refractivity contribution in [1.29, 1.82) is 0 Å². The van der Waals surface area contributed by atoms with Crippen LogP contribution >= 0.6 is 0 Å². The van der Waals surface area contributed by atoms with Gasteiger partial charge >= 0.3 is 5.97 Å². The van der Waals surface area contributed by atoms with Crippen molar-refractivity contribution in [2.24, 2.45) is 5.41 Å². The fourth-order valence-corrected chi connectivity index (χ4v) is 6.07. The maximum Gasteiger partial charge on any atom is 0.338 e. The number of carbonyl (C=O) groups excluding carboxylic acids is 1. The van der Waals surface area contributed by atoms with Gasteiger partial charge in [0.15, 0.2) is 0 Å². The van der Waals surface area contributed by atoms with Crippen LogP contribution in [0.25, 0.3) is 0 Å². The Morgan fingerprint density at radius 3 is 1.71 bits per heavy atom. The number of carbonyl (C=O) groups is 1. The molecule has 1 N–H and O–H groups in total. The second-order valence-corrected chi connectivity index (χ2v) is 9.71. The lowest BCUT2D eigenvalue weighted by Crippen LogP contribution is -3.00. The summed E-state index contributed by atoms with van der Waals surface area (Å²) in [6.45, 7) is 4.28. The molecule has 0 aromatic heterocycles. The number of hydrogen-bond donors (Lipinski definition) is 1. The third kappa shape index (κ3) is 4.33. The Hall–Kier alpha value is -2.47. The zero-order valence-electron chi connectivity index (χ0n) is 19.4. The van der Waals surface area contributed by atoms with E-state index in [0.29, 0.717) is 12.2 Å². The first-order valence-corrected chi connectivity index (χ1v) is 12.0. The molecule has 3 aliphatic heterocycles. The number of rotatable bonds is 7. The molecule has 3 saturated heterocycles. The molecule has 6 rings (SSSR count). The quantitative estimate of drug-likeness (QED) is 0.380. The van der Waals surface area contributed by atoms with Crippen LogP contribution in [0.1, 0.15) is 40.7 Å². The molecule has 3 aromatic rings. The second kappa shape index (κ2) is 10.0. The Labute approximate surface area is 212 Å². The Balaban J connectivity index is 0.00000274. The molecule has 3 aromatic carbocycles. The van der Waals surface area contributed by atoms with E-state index < -0.39 is 5.60 Å². The molecule has 0 aliphatic carbocycles. The van der Waals surface area contributed by atoms with Gasteiger partial charge in [0.1, 0.15) is 18.8 Å². The van der Waals surface area contributed by atoms with E-state index in [-0.39, 0.29) is 28.4 Å². The minimum absolute atomic E-state index is 0. The highest BCUT2D eigenvalue weighted by Crippen LogP contribution is 2.57. The number of ether oxygens (including phenoxy) is 1. The fraction of sp³-hybridized carbons (Fsp3) is 0.345. The molecule has 2 bridgehead atoms. The first-order valence-electron chi connectivity index (χ1n) is 12.0. The minimum Gasteiger partial charge on any atom is -1.00 e. The van der Waals surface area contributed by atoms with Gasteiger partial charge < -0.3 is 31.3 Å². The number of hydrogen-bond acceptors (Lipinski definition) is 3. The van der Waals surface area contributed by atoms with Gasteiger partial charge in [0, 0.05) is 24.7 Å². The summed E-state index contributed by atoms with van der Waals surface area (Å²) in [6.07, 6.45) is 2.87. The van der Waals surface area contributed by atoms with Crippen molar-refractivity contribution in [3.8, 4) is 0 Å². The molecule has 0 saturated carbocycles. The van der Waals surface area contributed by atoms with E-state index in [4.69, 9.17) is 4.74 Å². The van der Waals surface area contributed by atoms with E-state index in [9.17, 15) is 9.90 Å². The van der Waals surface area contributed by atoms with Gasteiger partial charge in [0.2, 0.25) is 0 Å². The molecule has 34 heavy (non-hydrogen) atoms. The molecule has 0 atom stereocenters. The van der Waals surface area contributed by atoms with Crippen LogP contribution < -0.4 is 17.0 Å². The Kier molecular flexibility index (Phi) is 7.27. The average Bonchev–Trinajstić information content (AvgIpc) is 2.90. The smallest absolute Gasteiger partial charge is 0.338 e. The molecule has 3 fully saturated rings. The van der Waals surface area contributed by atoms with Crippen LogP contribution in [0.3, 0.4) is 0 Å². The number of quaternary nitrogens is 1. The van der Waals surface area contributed by atoms with E-state index in [1.807, 2.05) is 54.6 Å². The average molecular weight is 522 g/mol. The van der Waals surface area contributed by atoms with Crippen molar-refractivity contribution in [2.45, 2.75) is 24.9 Å². The lowest BCUT2D eigenvalue weighted by Gasteiger charge is -2.60. The Bertz CT molecular complexity index is 1020. The highest BCUT2D eigenvalue weighted by molar-refractivity contribution is 5.89. The normalized spacial score (nSPS) is 23.7. The molecule has 3 heterocycles. The number of nitrogens with zero attached hydrogens (tertiary/aromatic N) is 1. The molecular weight excluding hydrogens is 490 g/mol. The summed E-state index contributed by atoms with van der Waals surface area (Å²) in [5.41, 5.74) is 1.37. The van der Waals surface area contributed by atoms with Crippen LogP contribution in [0.2, 0.25) is 0 Å². The maximum absolute atomic E-state index is 12.4. The third-order valence-electron chi connectivity index (χ3n) is 8.15. The number of benzene rings is 3. The van der Waals surface area contributed by atoms with E-state index >= 15 is 0 Å². The van der Waals surface area contributed by atoms with Gasteiger partial charge in [-0.25, -0.2) is 4.79 Å². The van der Waals surface area contributed by atoms with Crippen LogP contribution in [0.15, 0.2) is 91.0 Å². The molecular formula is C29H32BrNO3. The first kappa shape index (κ1) is 24.6. The van der Waals surface area contributed by atoms with Crippen molar-refractivity contribution < 1.29 is 36.1 Å². The van der Waals surface area contributed by atoms with Crippen LogP contribution in [0.5, 0.6) is 0 Å². The molecule has 4 nitrogen and oxygen atoms in total. The van der Waals surface area contributed by atoms with Gasteiger partial charge in [-0.2, -0.15) is 0 Å². The molecule has 178 valence electrons. The van der Waals surface area contributed by atoms with Gasteiger partial charge in [-0.05, 0) is 23.3 Å². The summed E-state index contributed by atoms with van der Waals surface area (Å²) < 4.78 is 6.58. The lowest BCUT2D eigenvalue weighted by molar-refractivity contribution is -0.946. The van der Waals surface area contributed by atoms with E-state index in [1.165, 1.54) is 0 Å². The summed E-state index contributed by atoms with van der Waals surface area (Å²) in [5.74, 6) is -0.250. The van der Waals surface area contributed by atoms with Crippen molar-refractivity contribution in [3.63, 3.8) is 0 Å². The monoisotopic (exact) mass is 521 g/mol. The summed E-state index contributed by atoms with van der Waals surface area (Å²) >= 11 is 0. The number of aliphatic hydroxyl groups is 1. The van der Waals surface area contributed by atoms with Crippen molar-refractivity contribution in [3.05, 3.63) is 108 Å². The zero-order chi connectivity index (χ0) is 22.8. The summed E-state index contributed by atoms with van der Waals surface area (Å²) in [7, 11) is 0. The largest absolute Gasteiger partial charge is 1.00 e. The second-order valence-electron chi connectivity index (χ2n) is 9.71. The van der Waals surface area contributed by atoms with Gasteiger partial charge in [-0.3, -0.25) is 0 Å².